The molecular formula is C20H22N4OS2. The number of benzene rings is 1. The number of thioether (sulfide) groups is 1. The van der Waals surface area contributed by atoms with E-state index in [-0.39, 0.29) is 5.91 Å². The van der Waals surface area contributed by atoms with Gasteiger partial charge in [-0.2, -0.15) is 0 Å². The Labute approximate surface area is 167 Å². The number of hydrogen-bond acceptors (Lipinski definition) is 6. The van der Waals surface area contributed by atoms with Gasteiger partial charge in [-0.3, -0.25) is 4.79 Å². The first-order valence-corrected chi connectivity index (χ1v) is 10.9. The van der Waals surface area contributed by atoms with Crippen LogP contribution in [0.5, 0.6) is 0 Å². The molecule has 2 aromatic heterocycles. The lowest BCUT2D eigenvalue weighted by atomic mass is 9.99. The molecule has 0 atom stereocenters. The van der Waals surface area contributed by atoms with Gasteiger partial charge in [0, 0.05) is 40.4 Å². The predicted molar refractivity (Wildman–Crippen MR) is 114 cm³/mol. The van der Waals surface area contributed by atoms with E-state index in [1.54, 1.807) is 29.4 Å². The van der Waals surface area contributed by atoms with E-state index in [0.717, 1.165) is 51.6 Å². The molecule has 5 nitrogen and oxygen atoms in total. The topological polar surface area (TPSA) is 72.1 Å². The number of nitrogens with zero attached hydrogens (tertiary/aromatic N) is 3. The maximum absolute atomic E-state index is 12.8. The molecule has 1 amide bonds. The van der Waals surface area contributed by atoms with E-state index in [4.69, 9.17) is 5.73 Å². The van der Waals surface area contributed by atoms with E-state index in [0.29, 0.717) is 12.2 Å². The number of thiophene rings is 1. The van der Waals surface area contributed by atoms with Gasteiger partial charge in [0.15, 0.2) is 0 Å². The molecule has 1 aliphatic rings. The highest BCUT2D eigenvalue weighted by atomic mass is 32.2. The summed E-state index contributed by atoms with van der Waals surface area (Å²) in [4.78, 5) is 25.9. The Hall–Kier alpha value is -2.12. The van der Waals surface area contributed by atoms with Crippen molar-refractivity contribution >= 4 is 50.6 Å². The summed E-state index contributed by atoms with van der Waals surface area (Å²) in [5.41, 5.74) is 10.2. The first-order valence-electron chi connectivity index (χ1n) is 9.07. The number of rotatable bonds is 4. The van der Waals surface area contributed by atoms with Crippen LogP contribution in [0.4, 0.5) is 11.4 Å². The van der Waals surface area contributed by atoms with Crippen LogP contribution in [-0.4, -0.2) is 28.2 Å². The number of hydrogen-bond donors (Lipinski definition) is 1. The van der Waals surface area contributed by atoms with Crippen LogP contribution in [0.25, 0.3) is 10.2 Å². The Morgan fingerprint density at radius 1 is 1.33 bits per heavy atom. The standard InChI is InChI=1S/C20H22N4OS2/c1-12-13(2)27-20-18(12)19(22-11-23-20)26-10-8-17(25)24-9-4-5-14-15(21)6-3-7-16(14)24/h3,6-7,11H,4-5,8-10,21H2,1-2H3. The van der Waals surface area contributed by atoms with Gasteiger partial charge in [0.25, 0.3) is 0 Å². The maximum atomic E-state index is 12.8. The van der Waals surface area contributed by atoms with E-state index >= 15 is 0 Å². The Morgan fingerprint density at radius 2 is 2.19 bits per heavy atom. The number of nitrogen functional groups attached to an aromatic ring is 1. The Balaban J connectivity index is 1.47. The molecule has 0 saturated carbocycles. The van der Waals surface area contributed by atoms with Gasteiger partial charge in [-0.15, -0.1) is 23.1 Å². The van der Waals surface area contributed by atoms with Crippen LogP contribution < -0.4 is 10.6 Å². The molecule has 3 aromatic rings. The second-order valence-electron chi connectivity index (χ2n) is 6.73. The largest absolute Gasteiger partial charge is 0.398 e. The van der Waals surface area contributed by atoms with E-state index in [1.165, 1.54) is 10.4 Å². The quantitative estimate of drug-likeness (QED) is 0.402. The Kier molecular flexibility index (Phi) is 5.06. The highest BCUT2D eigenvalue weighted by molar-refractivity contribution is 7.99. The maximum Gasteiger partial charge on any atom is 0.227 e. The SMILES string of the molecule is Cc1sc2ncnc(SCCC(=O)N3CCCc4c(N)cccc43)c2c1C. The fraction of sp³-hybridized carbons (Fsp3) is 0.350. The van der Waals surface area contributed by atoms with Crippen molar-refractivity contribution in [3.63, 3.8) is 0 Å². The van der Waals surface area contributed by atoms with Crippen LogP contribution in [0, 0.1) is 13.8 Å². The second-order valence-corrected chi connectivity index (χ2v) is 9.02. The van der Waals surface area contributed by atoms with Crippen LogP contribution in [0.3, 0.4) is 0 Å². The molecule has 4 rings (SSSR count). The van der Waals surface area contributed by atoms with Crippen molar-refractivity contribution in [1.29, 1.82) is 0 Å². The average Bonchev–Trinajstić information content (AvgIpc) is 2.96. The summed E-state index contributed by atoms with van der Waals surface area (Å²) in [5, 5.41) is 2.10. The van der Waals surface area contributed by atoms with Crippen molar-refractivity contribution in [3.05, 3.63) is 40.5 Å². The van der Waals surface area contributed by atoms with Gasteiger partial charge < -0.3 is 10.6 Å². The van der Waals surface area contributed by atoms with Crippen LogP contribution in [-0.2, 0) is 11.2 Å². The average molecular weight is 399 g/mol. The third-order valence-electron chi connectivity index (χ3n) is 5.07. The molecule has 0 spiro atoms. The number of carbonyl (C=O) groups is 1. The molecule has 1 aliphatic heterocycles. The van der Waals surface area contributed by atoms with Crippen molar-refractivity contribution in [2.45, 2.75) is 38.1 Å². The number of fused-ring (bicyclic) bond motifs is 2. The minimum atomic E-state index is 0.151. The molecule has 2 N–H and O–H groups in total. The number of carbonyl (C=O) groups excluding carboxylic acids is 1. The lowest BCUT2D eigenvalue weighted by Gasteiger charge is -2.30. The minimum Gasteiger partial charge on any atom is -0.398 e. The van der Waals surface area contributed by atoms with Gasteiger partial charge in [-0.25, -0.2) is 9.97 Å². The predicted octanol–water partition coefficient (Wildman–Crippen LogP) is 4.35. The summed E-state index contributed by atoms with van der Waals surface area (Å²) in [6.45, 7) is 4.99. The molecule has 1 aromatic carbocycles. The van der Waals surface area contributed by atoms with E-state index in [2.05, 4.69) is 23.8 Å². The molecule has 7 heteroatoms. The van der Waals surface area contributed by atoms with Gasteiger partial charge in [-0.1, -0.05) is 6.07 Å². The monoisotopic (exact) mass is 398 g/mol. The molecule has 0 saturated heterocycles. The Bertz CT molecular complexity index is 1010. The summed E-state index contributed by atoms with van der Waals surface area (Å²) in [6, 6.07) is 5.84. The summed E-state index contributed by atoms with van der Waals surface area (Å²) >= 11 is 3.34. The van der Waals surface area contributed by atoms with Crippen molar-refractivity contribution in [2.24, 2.45) is 0 Å². The van der Waals surface area contributed by atoms with Gasteiger partial charge in [0.2, 0.25) is 5.91 Å². The number of aromatic nitrogens is 2. The first-order chi connectivity index (χ1) is 13.1. The molecular weight excluding hydrogens is 376 g/mol. The zero-order valence-electron chi connectivity index (χ0n) is 15.5. The lowest BCUT2D eigenvalue weighted by molar-refractivity contribution is -0.118. The number of aryl methyl sites for hydroxylation is 2. The van der Waals surface area contributed by atoms with E-state index in [1.807, 2.05) is 23.1 Å². The molecule has 0 fully saturated rings. The fourth-order valence-electron chi connectivity index (χ4n) is 3.54. The first kappa shape index (κ1) is 18.3. The number of anilines is 2. The summed E-state index contributed by atoms with van der Waals surface area (Å²) in [6.07, 6.45) is 3.99. The van der Waals surface area contributed by atoms with Crippen molar-refractivity contribution in [1.82, 2.24) is 9.97 Å². The Morgan fingerprint density at radius 3 is 3.04 bits per heavy atom. The number of amides is 1. The van der Waals surface area contributed by atoms with Gasteiger partial charge >= 0.3 is 0 Å². The molecule has 27 heavy (non-hydrogen) atoms. The normalized spacial score (nSPS) is 13.8. The third kappa shape index (κ3) is 3.41. The van der Waals surface area contributed by atoms with Gasteiger partial charge in [0.1, 0.15) is 16.2 Å². The highest BCUT2D eigenvalue weighted by Crippen LogP contribution is 2.35. The van der Waals surface area contributed by atoms with Crippen LogP contribution in [0.1, 0.15) is 28.8 Å². The van der Waals surface area contributed by atoms with Crippen molar-refractivity contribution < 1.29 is 4.79 Å². The second kappa shape index (κ2) is 7.48. The molecule has 0 bridgehead atoms. The van der Waals surface area contributed by atoms with Gasteiger partial charge in [-0.05, 0) is 49.9 Å². The van der Waals surface area contributed by atoms with E-state index < -0.39 is 0 Å². The lowest BCUT2D eigenvalue weighted by Crippen LogP contribution is -2.35. The summed E-state index contributed by atoms with van der Waals surface area (Å²) in [5.74, 6) is 0.852. The number of nitrogens with two attached hydrogens (primary N) is 1. The zero-order valence-corrected chi connectivity index (χ0v) is 17.1. The van der Waals surface area contributed by atoms with Gasteiger partial charge in [0.05, 0.1) is 0 Å². The van der Waals surface area contributed by atoms with E-state index in [9.17, 15) is 4.79 Å². The van der Waals surface area contributed by atoms with Crippen molar-refractivity contribution in [2.75, 3.05) is 22.9 Å². The molecule has 140 valence electrons. The van der Waals surface area contributed by atoms with Crippen LogP contribution >= 0.6 is 23.1 Å². The molecule has 0 aliphatic carbocycles. The molecule has 0 unspecified atom stereocenters. The molecule has 3 heterocycles. The van der Waals surface area contributed by atoms with Crippen molar-refractivity contribution in [3.8, 4) is 0 Å². The summed E-state index contributed by atoms with van der Waals surface area (Å²) in [7, 11) is 0. The minimum absolute atomic E-state index is 0.151. The smallest absolute Gasteiger partial charge is 0.227 e. The summed E-state index contributed by atoms with van der Waals surface area (Å²) < 4.78 is 0. The highest BCUT2D eigenvalue weighted by Gasteiger charge is 2.23. The molecule has 0 radical (unpaired) electrons. The van der Waals surface area contributed by atoms with Crippen LogP contribution in [0.15, 0.2) is 29.6 Å². The zero-order chi connectivity index (χ0) is 19.0. The third-order valence-corrected chi connectivity index (χ3v) is 7.18. The fourth-order valence-corrected chi connectivity index (χ4v) is 5.59. The van der Waals surface area contributed by atoms with Crippen LogP contribution in [0.2, 0.25) is 0 Å².